The average molecular weight is 181 g/mol. The topological polar surface area (TPSA) is 48.4 Å². The molecule has 2 N–H and O–H groups in total. The summed E-state index contributed by atoms with van der Waals surface area (Å²) in [6.07, 6.45) is 2.79. The molecule has 1 unspecified atom stereocenters. The minimum absolute atomic E-state index is 0.365. The quantitative estimate of drug-likeness (QED) is 0.763. The molecule has 13 heavy (non-hydrogen) atoms. The van der Waals surface area contributed by atoms with Crippen LogP contribution in [-0.4, -0.2) is 19.8 Å². The van der Waals surface area contributed by atoms with Crippen LogP contribution in [0.1, 0.15) is 18.1 Å². The molecule has 0 amide bonds. The summed E-state index contributed by atoms with van der Waals surface area (Å²) >= 11 is 0. The van der Waals surface area contributed by atoms with Crippen molar-refractivity contribution >= 4 is 0 Å². The standard InChI is InChI=1S/C10H15NO2/c11-5-9(4-8-6-12-7-8)10-2-1-3-13-10/h1-3,8-9H,4-7,11H2. The molecule has 1 aliphatic heterocycles. The fourth-order valence-corrected chi connectivity index (χ4v) is 1.68. The average Bonchev–Trinajstić information content (AvgIpc) is 2.55. The Morgan fingerprint density at radius 2 is 2.38 bits per heavy atom. The zero-order valence-electron chi connectivity index (χ0n) is 7.61. The van der Waals surface area contributed by atoms with Crippen LogP contribution in [0, 0.1) is 5.92 Å². The first-order valence-corrected chi connectivity index (χ1v) is 4.71. The second-order valence-electron chi connectivity index (χ2n) is 3.59. The van der Waals surface area contributed by atoms with Crippen LogP contribution in [0.4, 0.5) is 0 Å². The molecule has 0 spiro atoms. The minimum atomic E-state index is 0.365. The van der Waals surface area contributed by atoms with E-state index in [9.17, 15) is 0 Å². The molecule has 1 aromatic heterocycles. The molecule has 1 atom stereocenters. The molecule has 0 bridgehead atoms. The van der Waals surface area contributed by atoms with Crippen LogP contribution in [0.15, 0.2) is 22.8 Å². The van der Waals surface area contributed by atoms with E-state index in [1.807, 2.05) is 12.1 Å². The van der Waals surface area contributed by atoms with E-state index in [4.69, 9.17) is 14.9 Å². The molecule has 1 saturated heterocycles. The first-order chi connectivity index (χ1) is 6.40. The molecule has 72 valence electrons. The van der Waals surface area contributed by atoms with Crippen LogP contribution >= 0.6 is 0 Å². The van der Waals surface area contributed by atoms with Gasteiger partial charge in [-0.1, -0.05) is 0 Å². The maximum Gasteiger partial charge on any atom is 0.108 e. The molecule has 2 heterocycles. The van der Waals surface area contributed by atoms with E-state index in [1.165, 1.54) is 0 Å². The summed E-state index contributed by atoms with van der Waals surface area (Å²) in [5.41, 5.74) is 5.69. The largest absolute Gasteiger partial charge is 0.469 e. The summed E-state index contributed by atoms with van der Waals surface area (Å²) < 4.78 is 10.5. The van der Waals surface area contributed by atoms with Gasteiger partial charge < -0.3 is 14.9 Å². The highest BCUT2D eigenvalue weighted by Crippen LogP contribution is 2.26. The van der Waals surface area contributed by atoms with E-state index >= 15 is 0 Å². The SMILES string of the molecule is NCC(CC1COC1)c1ccco1. The fraction of sp³-hybridized carbons (Fsp3) is 0.600. The van der Waals surface area contributed by atoms with Gasteiger partial charge in [-0.3, -0.25) is 0 Å². The number of rotatable bonds is 4. The van der Waals surface area contributed by atoms with Crippen molar-refractivity contribution in [3.05, 3.63) is 24.2 Å². The van der Waals surface area contributed by atoms with Crippen LogP contribution in [0.3, 0.4) is 0 Å². The van der Waals surface area contributed by atoms with Gasteiger partial charge in [0.2, 0.25) is 0 Å². The molecule has 3 nitrogen and oxygen atoms in total. The summed E-state index contributed by atoms with van der Waals surface area (Å²) in [5.74, 6) is 2.05. The predicted molar refractivity (Wildman–Crippen MR) is 49.4 cm³/mol. The van der Waals surface area contributed by atoms with Gasteiger partial charge in [0.05, 0.1) is 19.5 Å². The summed E-state index contributed by atoms with van der Waals surface area (Å²) in [6, 6.07) is 3.91. The third-order valence-corrected chi connectivity index (χ3v) is 2.56. The number of nitrogens with two attached hydrogens (primary N) is 1. The molecule has 3 heteroatoms. The highest BCUT2D eigenvalue weighted by Gasteiger charge is 2.24. The Bertz CT molecular complexity index is 241. The van der Waals surface area contributed by atoms with Crippen LogP contribution in [0.5, 0.6) is 0 Å². The molecule has 1 aromatic rings. The first kappa shape index (κ1) is 8.78. The Morgan fingerprint density at radius 3 is 2.85 bits per heavy atom. The van der Waals surface area contributed by atoms with E-state index < -0.39 is 0 Å². The Balaban J connectivity index is 1.92. The van der Waals surface area contributed by atoms with Crippen molar-refractivity contribution in [1.82, 2.24) is 0 Å². The van der Waals surface area contributed by atoms with Crippen molar-refractivity contribution in [3.63, 3.8) is 0 Å². The maximum atomic E-state index is 5.69. The van der Waals surface area contributed by atoms with Crippen molar-refractivity contribution in [3.8, 4) is 0 Å². The lowest BCUT2D eigenvalue weighted by atomic mass is 9.91. The Labute approximate surface area is 77.9 Å². The molecular formula is C10H15NO2. The third kappa shape index (κ3) is 1.92. The van der Waals surface area contributed by atoms with Gasteiger partial charge >= 0.3 is 0 Å². The minimum Gasteiger partial charge on any atom is -0.469 e. The number of hydrogen-bond acceptors (Lipinski definition) is 3. The molecule has 2 rings (SSSR count). The van der Waals surface area contributed by atoms with Crippen LogP contribution in [-0.2, 0) is 4.74 Å². The monoisotopic (exact) mass is 181 g/mol. The molecule has 1 fully saturated rings. The van der Waals surface area contributed by atoms with Crippen LogP contribution in [0.2, 0.25) is 0 Å². The molecular weight excluding hydrogens is 166 g/mol. The number of furan rings is 1. The molecule has 0 aliphatic carbocycles. The van der Waals surface area contributed by atoms with Gasteiger partial charge in [0.1, 0.15) is 5.76 Å². The number of ether oxygens (including phenoxy) is 1. The smallest absolute Gasteiger partial charge is 0.108 e. The number of hydrogen-bond donors (Lipinski definition) is 1. The molecule has 0 radical (unpaired) electrons. The van der Waals surface area contributed by atoms with Crippen molar-refractivity contribution in [2.75, 3.05) is 19.8 Å². The first-order valence-electron chi connectivity index (χ1n) is 4.71. The zero-order valence-corrected chi connectivity index (χ0v) is 7.61. The molecule has 1 aliphatic rings. The highest BCUT2D eigenvalue weighted by molar-refractivity contribution is 5.06. The normalized spacial score (nSPS) is 19.8. The van der Waals surface area contributed by atoms with Crippen molar-refractivity contribution in [1.29, 1.82) is 0 Å². The van der Waals surface area contributed by atoms with Gasteiger partial charge in [-0.15, -0.1) is 0 Å². The second-order valence-corrected chi connectivity index (χ2v) is 3.59. The fourth-order valence-electron chi connectivity index (χ4n) is 1.68. The van der Waals surface area contributed by atoms with Gasteiger partial charge in [0.25, 0.3) is 0 Å². The third-order valence-electron chi connectivity index (χ3n) is 2.56. The van der Waals surface area contributed by atoms with E-state index in [2.05, 4.69) is 0 Å². The predicted octanol–water partition coefficient (Wildman–Crippen LogP) is 1.36. The lowest BCUT2D eigenvalue weighted by molar-refractivity contribution is -0.0388. The maximum absolute atomic E-state index is 5.69. The Kier molecular flexibility index (Phi) is 2.66. The van der Waals surface area contributed by atoms with Crippen LogP contribution in [0.25, 0.3) is 0 Å². The zero-order chi connectivity index (χ0) is 9.10. The van der Waals surface area contributed by atoms with Gasteiger partial charge in [0, 0.05) is 18.4 Å². The Hall–Kier alpha value is -0.800. The van der Waals surface area contributed by atoms with Crippen molar-refractivity contribution in [2.45, 2.75) is 12.3 Å². The van der Waals surface area contributed by atoms with E-state index in [-0.39, 0.29) is 0 Å². The van der Waals surface area contributed by atoms with E-state index in [1.54, 1.807) is 6.26 Å². The van der Waals surface area contributed by atoms with Crippen LogP contribution < -0.4 is 5.73 Å². The summed E-state index contributed by atoms with van der Waals surface area (Å²) in [4.78, 5) is 0. The molecule has 0 aromatic carbocycles. The van der Waals surface area contributed by atoms with Gasteiger partial charge in [-0.05, 0) is 18.6 Å². The van der Waals surface area contributed by atoms with Gasteiger partial charge in [-0.25, -0.2) is 0 Å². The van der Waals surface area contributed by atoms with Crippen molar-refractivity contribution in [2.24, 2.45) is 11.7 Å². The van der Waals surface area contributed by atoms with Crippen molar-refractivity contribution < 1.29 is 9.15 Å². The lowest BCUT2D eigenvalue weighted by Crippen LogP contribution is -2.30. The van der Waals surface area contributed by atoms with Gasteiger partial charge in [0.15, 0.2) is 0 Å². The Morgan fingerprint density at radius 1 is 1.54 bits per heavy atom. The summed E-state index contributed by atoms with van der Waals surface area (Å²) in [6.45, 7) is 2.43. The second kappa shape index (κ2) is 3.94. The van der Waals surface area contributed by atoms with E-state index in [0.717, 1.165) is 25.4 Å². The summed E-state index contributed by atoms with van der Waals surface area (Å²) in [5, 5.41) is 0. The highest BCUT2D eigenvalue weighted by atomic mass is 16.5. The molecule has 0 saturated carbocycles. The van der Waals surface area contributed by atoms with Gasteiger partial charge in [-0.2, -0.15) is 0 Å². The lowest BCUT2D eigenvalue weighted by Gasteiger charge is -2.28. The summed E-state index contributed by atoms with van der Waals surface area (Å²) in [7, 11) is 0. The van der Waals surface area contributed by atoms with E-state index in [0.29, 0.717) is 18.4 Å².